The fraction of sp³-hybridized carbons (Fsp3) is 0.542. The molecule has 0 unspecified atom stereocenters. The fourth-order valence-corrected chi connectivity index (χ4v) is 5.06. The summed E-state index contributed by atoms with van der Waals surface area (Å²) in [6, 6.07) is 8.20. The van der Waals surface area contributed by atoms with Gasteiger partial charge in [0.05, 0.1) is 0 Å². The van der Waals surface area contributed by atoms with E-state index in [1.54, 1.807) is 11.0 Å². The van der Waals surface area contributed by atoms with Crippen LogP contribution >= 0.6 is 0 Å². The first-order valence-electron chi connectivity index (χ1n) is 11.5. The van der Waals surface area contributed by atoms with Crippen LogP contribution in [0.4, 0.5) is 0 Å². The standard InChI is InChI=1S/C24H29N3O4/c28-23-15-26(11-12-27(23)19-7-3-4-8-19)24(29)22-14-21(31-25-22)16-30-20-10-9-17-5-1-2-6-18(17)13-20/h9-10,13-14,19H,1-8,11-12,15-16H2. The van der Waals surface area contributed by atoms with E-state index in [4.69, 9.17) is 9.26 Å². The van der Waals surface area contributed by atoms with Gasteiger partial charge in [-0.1, -0.05) is 24.1 Å². The maximum absolute atomic E-state index is 12.8. The van der Waals surface area contributed by atoms with Crippen LogP contribution in [-0.4, -0.2) is 52.4 Å². The number of amides is 2. The Morgan fingerprint density at radius 1 is 1.06 bits per heavy atom. The van der Waals surface area contributed by atoms with Gasteiger partial charge in [0.1, 0.15) is 18.9 Å². The Bertz CT molecular complexity index is 963. The topological polar surface area (TPSA) is 75.9 Å². The van der Waals surface area contributed by atoms with E-state index in [0.29, 0.717) is 24.9 Å². The van der Waals surface area contributed by atoms with Crippen LogP contribution in [0, 0.1) is 0 Å². The Morgan fingerprint density at radius 3 is 2.68 bits per heavy atom. The lowest BCUT2D eigenvalue weighted by atomic mass is 9.92. The summed E-state index contributed by atoms with van der Waals surface area (Å²) in [5, 5.41) is 3.92. The van der Waals surface area contributed by atoms with Crippen molar-refractivity contribution in [3.8, 4) is 5.75 Å². The molecule has 7 nitrogen and oxygen atoms in total. The second kappa shape index (κ2) is 8.73. The third-order valence-electron chi connectivity index (χ3n) is 6.79. The average molecular weight is 424 g/mol. The minimum absolute atomic E-state index is 0.0333. The van der Waals surface area contributed by atoms with E-state index in [-0.39, 0.29) is 30.7 Å². The van der Waals surface area contributed by atoms with Crippen LogP contribution < -0.4 is 4.74 Å². The fourth-order valence-electron chi connectivity index (χ4n) is 5.06. The van der Waals surface area contributed by atoms with E-state index in [0.717, 1.165) is 31.4 Å². The molecular weight excluding hydrogens is 394 g/mol. The average Bonchev–Trinajstić information content (AvgIpc) is 3.49. The number of nitrogens with zero attached hydrogens (tertiary/aromatic N) is 3. The van der Waals surface area contributed by atoms with E-state index < -0.39 is 0 Å². The molecular formula is C24H29N3O4. The summed E-state index contributed by atoms with van der Waals surface area (Å²) >= 11 is 0. The number of carbonyl (C=O) groups is 2. The van der Waals surface area contributed by atoms with Gasteiger partial charge in [-0.2, -0.15) is 0 Å². The van der Waals surface area contributed by atoms with Crippen LogP contribution in [0.5, 0.6) is 5.75 Å². The predicted octanol–water partition coefficient (Wildman–Crippen LogP) is 3.36. The molecule has 0 bridgehead atoms. The number of fused-ring (bicyclic) bond motifs is 1. The lowest BCUT2D eigenvalue weighted by Gasteiger charge is -2.37. The number of benzene rings is 1. The Morgan fingerprint density at radius 2 is 1.87 bits per heavy atom. The molecule has 3 aliphatic rings. The SMILES string of the molecule is O=C(c1cc(COc2ccc3c(c2)CCCC3)on1)N1CCN(C2CCCC2)C(=O)C1. The molecule has 2 fully saturated rings. The van der Waals surface area contributed by atoms with E-state index in [2.05, 4.69) is 17.3 Å². The van der Waals surface area contributed by atoms with Crippen molar-refractivity contribution >= 4 is 11.8 Å². The molecule has 0 radical (unpaired) electrons. The van der Waals surface area contributed by atoms with Crippen molar-refractivity contribution in [1.29, 1.82) is 0 Å². The monoisotopic (exact) mass is 423 g/mol. The minimum Gasteiger partial charge on any atom is -0.486 e. The first-order valence-corrected chi connectivity index (χ1v) is 11.5. The zero-order valence-corrected chi connectivity index (χ0v) is 17.8. The van der Waals surface area contributed by atoms with Crippen LogP contribution in [0.1, 0.15) is 65.9 Å². The van der Waals surface area contributed by atoms with Crippen LogP contribution in [0.25, 0.3) is 0 Å². The van der Waals surface area contributed by atoms with Crippen LogP contribution in [0.15, 0.2) is 28.8 Å². The highest BCUT2D eigenvalue weighted by molar-refractivity contribution is 5.95. The van der Waals surface area contributed by atoms with Gasteiger partial charge in [0.15, 0.2) is 11.5 Å². The maximum atomic E-state index is 12.8. The molecule has 2 heterocycles. The maximum Gasteiger partial charge on any atom is 0.276 e. The summed E-state index contributed by atoms with van der Waals surface area (Å²) in [6.45, 7) is 1.47. The number of ether oxygens (including phenoxy) is 1. The number of carbonyl (C=O) groups excluding carboxylic acids is 2. The Hall–Kier alpha value is -2.83. The molecule has 1 saturated carbocycles. The number of piperazine rings is 1. The van der Waals surface area contributed by atoms with Crippen molar-refractivity contribution in [2.24, 2.45) is 0 Å². The molecule has 0 N–H and O–H groups in total. The van der Waals surface area contributed by atoms with E-state index in [1.165, 1.54) is 36.8 Å². The van der Waals surface area contributed by atoms with E-state index in [1.807, 2.05) is 11.0 Å². The molecule has 1 aliphatic heterocycles. The number of aryl methyl sites for hydroxylation is 2. The molecule has 0 spiro atoms. The summed E-state index contributed by atoms with van der Waals surface area (Å²) in [5.74, 6) is 1.07. The lowest BCUT2D eigenvalue weighted by molar-refractivity contribution is -0.137. The molecule has 2 amide bonds. The molecule has 31 heavy (non-hydrogen) atoms. The third-order valence-corrected chi connectivity index (χ3v) is 6.79. The molecule has 1 aromatic carbocycles. The summed E-state index contributed by atoms with van der Waals surface area (Å²) in [5.41, 5.74) is 3.00. The number of aromatic nitrogens is 1. The molecule has 2 aromatic rings. The summed E-state index contributed by atoms with van der Waals surface area (Å²) < 4.78 is 11.2. The lowest BCUT2D eigenvalue weighted by Crippen LogP contribution is -2.54. The zero-order valence-electron chi connectivity index (χ0n) is 17.8. The minimum atomic E-state index is -0.261. The number of hydrogen-bond acceptors (Lipinski definition) is 5. The molecule has 5 rings (SSSR count). The Balaban J connectivity index is 1.17. The van der Waals surface area contributed by atoms with Crippen molar-refractivity contribution in [2.45, 2.75) is 64.0 Å². The number of rotatable bonds is 5. The quantitative estimate of drug-likeness (QED) is 0.737. The van der Waals surface area contributed by atoms with Crippen LogP contribution in [0.3, 0.4) is 0 Å². The second-order valence-electron chi connectivity index (χ2n) is 8.86. The van der Waals surface area contributed by atoms with Crippen molar-refractivity contribution in [2.75, 3.05) is 19.6 Å². The Labute approximate surface area is 182 Å². The smallest absolute Gasteiger partial charge is 0.276 e. The van der Waals surface area contributed by atoms with Gasteiger partial charge < -0.3 is 19.1 Å². The van der Waals surface area contributed by atoms with Gasteiger partial charge in [-0.25, -0.2) is 0 Å². The molecule has 2 aliphatic carbocycles. The first-order chi connectivity index (χ1) is 15.2. The summed E-state index contributed by atoms with van der Waals surface area (Å²) in [4.78, 5) is 28.9. The molecule has 0 atom stereocenters. The van der Waals surface area contributed by atoms with Gasteiger partial charge in [-0.05, 0) is 61.8 Å². The van der Waals surface area contributed by atoms with Gasteiger partial charge in [0.2, 0.25) is 5.91 Å². The highest BCUT2D eigenvalue weighted by Gasteiger charge is 2.34. The van der Waals surface area contributed by atoms with E-state index in [9.17, 15) is 9.59 Å². The highest BCUT2D eigenvalue weighted by Crippen LogP contribution is 2.27. The van der Waals surface area contributed by atoms with Crippen molar-refractivity contribution in [3.63, 3.8) is 0 Å². The van der Waals surface area contributed by atoms with Crippen molar-refractivity contribution in [1.82, 2.24) is 15.0 Å². The summed E-state index contributed by atoms with van der Waals surface area (Å²) in [6.07, 6.45) is 9.25. The van der Waals surface area contributed by atoms with Crippen LogP contribution in [-0.2, 0) is 24.2 Å². The van der Waals surface area contributed by atoms with Gasteiger partial charge in [0, 0.05) is 25.2 Å². The van der Waals surface area contributed by atoms with Gasteiger partial charge in [0.25, 0.3) is 5.91 Å². The van der Waals surface area contributed by atoms with Gasteiger partial charge in [-0.15, -0.1) is 0 Å². The van der Waals surface area contributed by atoms with Crippen LogP contribution in [0.2, 0.25) is 0 Å². The molecule has 164 valence electrons. The largest absolute Gasteiger partial charge is 0.486 e. The molecule has 7 heteroatoms. The van der Waals surface area contributed by atoms with Crippen molar-refractivity contribution in [3.05, 3.63) is 46.8 Å². The summed E-state index contributed by atoms with van der Waals surface area (Å²) in [7, 11) is 0. The first kappa shape index (κ1) is 20.1. The Kier molecular flexibility index (Phi) is 5.66. The van der Waals surface area contributed by atoms with Gasteiger partial charge in [-0.3, -0.25) is 9.59 Å². The third kappa shape index (κ3) is 4.31. The van der Waals surface area contributed by atoms with E-state index >= 15 is 0 Å². The molecule has 1 saturated heterocycles. The zero-order chi connectivity index (χ0) is 21.2. The normalized spacial score (nSPS) is 19.5. The predicted molar refractivity (Wildman–Crippen MR) is 114 cm³/mol. The molecule has 1 aromatic heterocycles. The van der Waals surface area contributed by atoms with Gasteiger partial charge >= 0.3 is 0 Å². The second-order valence-corrected chi connectivity index (χ2v) is 8.86. The highest BCUT2D eigenvalue weighted by atomic mass is 16.5. The van der Waals surface area contributed by atoms with Crippen molar-refractivity contribution < 1.29 is 18.8 Å². The number of hydrogen-bond donors (Lipinski definition) is 0.